The molecule has 0 radical (unpaired) electrons. The first-order valence-corrected chi connectivity index (χ1v) is 9.14. The van der Waals surface area contributed by atoms with E-state index in [4.69, 9.17) is 0 Å². The van der Waals surface area contributed by atoms with Gasteiger partial charge in [-0.05, 0) is 65.5 Å². The molecule has 0 saturated heterocycles. The lowest BCUT2D eigenvalue weighted by atomic mass is 9.80. The van der Waals surface area contributed by atoms with Crippen molar-refractivity contribution in [1.29, 1.82) is 0 Å². The van der Waals surface area contributed by atoms with Gasteiger partial charge < -0.3 is 10.4 Å². The van der Waals surface area contributed by atoms with E-state index in [1.807, 2.05) is 22.6 Å². The molecule has 3 nitrogen and oxygen atoms in total. The first kappa shape index (κ1) is 16.1. The summed E-state index contributed by atoms with van der Waals surface area (Å²) in [5.41, 5.74) is 0.522. The molecule has 5 heteroatoms. The summed E-state index contributed by atoms with van der Waals surface area (Å²) >= 11 is 5.62. The summed E-state index contributed by atoms with van der Waals surface area (Å²) in [7, 11) is 0. The van der Waals surface area contributed by atoms with Gasteiger partial charge in [-0.15, -0.1) is 0 Å². The number of hydrogen-bond acceptors (Lipinski definition) is 2. The molecule has 20 heavy (non-hydrogen) atoms. The van der Waals surface area contributed by atoms with Crippen molar-refractivity contribution in [3.05, 3.63) is 27.3 Å². The normalized spacial score (nSPS) is 22.5. The second-order valence-corrected chi connectivity index (χ2v) is 7.14. The van der Waals surface area contributed by atoms with Crippen LogP contribution in [0, 0.1) is 15.4 Å². The fourth-order valence-corrected chi connectivity index (χ4v) is 3.92. The second-order valence-electron chi connectivity index (χ2n) is 5.34. The average Bonchev–Trinajstić information content (AvgIpc) is 2.47. The molecule has 0 bridgehead atoms. The molecule has 110 valence electrons. The summed E-state index contributed by atoms with van der Waals surface area (Å²) in [4.78, 5) is 12.1. The lowest BCUT2D eigenvalue weighted by Crippen LogP contribution is -2.34. The minimum atomic E-state index is -0.101. The Balaban J connectivity index is 1.92. The molecular weight excluding hydrogens is 433 g/mol. The number of benzene rings is 1. The topological polar surface area (TPSA) is 49.3 Å². The number of aromatic hydroxyl groups is 1. The number of carbonyl (C=O) groups excluding carboxylic acids is 1. The van der Waals surface area contributed by atoms with Gasteiger partial charge in [0.25, 0.3) is 5.91 Å². The van der Waals surface area contributed by atoms with Gasteiger partial charge in [-0.1, -0.05) is 28.8 Å². The zero-order valence-corrected chi connectivity index (χ0v) is 15.0. The quantitative estimate of drug-likeness (QED) is 0.538. The molecule has 0 aliphatic heterocycles. The Labute approximate surface area is 141 Å². The van der Waals surface area contributed by atoms with Crippen LogP contribution in [0.4, 0.5) is 0 Å². The number of amides is 1. The van der Waals surface area contributed by atoms with Gasteiger partial charge in [0, 0.05) is 17.4 Å². The zero-order valence-electron chi connectivity index (χ0n) is 11.2. The zero-order chi connectivity index (χ0) is 14.5. The molecule has 1 aliphatic rings. The van der Waals surface area contributed by atoms with Crippen molar-refractivity contribution in [1.82, 2.24) is 5.32 Å². The number of nitrogens with one attached hydrogen (secondary N) is 1. The van der Waals surface area contributed by atoms with E-state index in [1.165, 1.54) is 31.7 Å². The van der Waals surface area contributed by atoms with E-state index in [0.29, 0.717) is 17.4 Å². The predicted octanol–water partition coefficient (Wildman–Crippen LogP) is 3.93. The number of rotatable bonds is 4. The smallest absolute Gasteiger partial charge is 0.251 e. The number of carbonyl (C=O) groups is 1. The third-order valence-electron chi connectivity index (χ3n) is 4.00. The van der Waals surface area contributed by atoms with Crippen LogP contribution in [0.1, 0.15) is 36.0 Å². The Hall–Kier alpha value is -0.300. The van der Waals surface area contributed by atoms with Gasteiger partial charge in [-0.2, -0.15) is 0 Å². The number of phenolic OH excluding ortho intramolecular Hbond substituents is 1. The van der Waals surface area contributed by atoms with Gasteiger partial charge in [-0.3, -0.25) is 4.79 Å². The first-order chi connectivity index (χ1) is 9.61. The van der Waals surface area contributed by atoms with Crippen molar-refractivity contribution in [3.8, 4) is 5.75 Å². The lowest BCUT2D eigenvalue weighted by molar-refractivity contribution is 0.0936. The van der Waals surface area contributed by atoms with Crippen molar-refractivity contribution >= 4 is 44.4 Å². The minimum absolute atomic E-state index is 0.101. The Morgan fingerprint density at radius 1 is 1.35 bits per heavy atom. The fourth-order valence-electron chi connectivity index (χ4n) is 2.74. The molecule has 1 saturated carbocycles. The molecule has 0 aromatic heterocycles. The fraction of sp³-hybridized carbons (Fsp3) is 0.533. The van der Waals surface area contributed by atoms with E-state index < -0.39 is 0 Å². The predicted molar refractivity (Wildman–Crippen MR) is 92.4 cm³/mol. The molecule has 0 heterocycles. The maximum Gasteiger partial charge on any atom is 0.251 e. The second kappa shape index (κ2) is 7.64. The Kier molecular flexibility index (Phi) is 6.14. The number of alkyl halides is 1. The highest BCUT2D eigenvalue weighted by molar-refractivity contribution is 14.1. The standard InChI is InChI=1S/C15H19BrINO2/c16-8-11-3-1-2-4-12(11)9-18-15(20)10-5-6-13(17)14(19)7-10/h5-7,11-12,19H,1-4,8-9H2,(H,18,20). The van der Waals surface area contributed by atoms with Crippen LogP contribution in [0.25, 0.3) is 0 Å². The molecule has 2 N–H and O–H groups in total. The number of halogens is 2. The third kappa shape index (κ3) is 4.10. The van der Waals surface area contributed by atoms with Crippen molar-refractivity contribution < 1.29 is 9.90 Å². The molecule has 2 rings (SSSR count). The van der Waals surface area contributed by atoms with Gasteiger partial charge >= 0.3 is 0 Å². The minimum Gasteiger partial charge on any atom is -0.507 e. The van der Waals surface area contributed by atoms with E-state index in [1.54, 1.807) is 12.1 Å². The molecule has 1 aromatic rings. The highest BCUT2D eigenvalue weighted by Gasteiger charge is 2.24. The van der Waals surface area contributed by atoms with Crippen LogP contribution in [0.5, 0.6) is 5.75 Å². The van der Waals surface area contributed by atoms with E-state index in [0.717, 1.165) is 15.4 Å². The summed E-state index contributed by atoms with van der Waals surface area (Å²) in [6.07, 6.45) is 4.99. The van der Waals surface area contributed by atoms with Crippen LogP contribution in [-0.4, -0.2) is 22.9 Å². The summed E-state index contributed by atoms with van der Waals surface area (Å²) in [5.74, 6) is 1.28. The molecule has 1 aromatic carbocycles. The van der Waals surface area contributed by atoms with Crippen LogP contribution in [0.2, 0.25) is 0 Å². The Bertz CT molecular complexity index is 481. The molecule has 0 spiro atoms. The highest BCUT2D eigenvalue weighted by atomic mass is 127. The number of phenols is 1. The number of hydrogen-bond donors (Lipinski definition) is 2. The largest absolute Gasteiger partial charge is 0.507 e. The van der Waals surface area contributed by atoms with Crippen LogP contribution in [-0.2, 0) is 0 Å². The van der Waals surface area contributed by atoms with Gasteiger partial charge in [0.15, 0.2) is 0 Å². The first-order valence-electron chi connectivity index (χ1n) is 6.94. The Morgan fingerprint density at radius 3 is 2.70 bits per heavy atom. The van der Waals surface area contributed by atoms with Gasteiger partial charge in [0.2, 0.25) is 0 Å². The van der Waals surface area contributed by atoms with Crippen molar-refractivity contribution in [2.24, 2.45) is 11.8 Å². The molecule has 1 amide bonds. The highest BCUT2D eigenvalue weighted by Crippen LogP contribution is 2.30. The van der Waals surface area contributed by atoms with Crippen molar-refractivity contribution in [2.75, 3.05) is 11.9 Å². The van der Waals surface area contributed by atoms with Crippen LogP contribution in [0.3, 0.4) is 0 Å². The molecule has 1 aliphatic carbocycles. The summed E-state index contributed by atoms with van der Waals surface area (Å²) in [5, 5.41) is 13.7. The molecule has 2 unspecified atom stereocenters. The van der Waals surface area contributed by atoms with Crippen molar-refractivity contribution in [3.63, 3.8) is 0 Å². The summed E-state index contributed by atoms with van der Waals surface area (Å²) in [6, 6.07) is 5.03. The molecule has 1 fully saturated rings. The van der Waals surface area contributed by atoms with E-state index >= 15 is 0 Å². The molecular formula is C15H19BrINO2. The summed E-state index contributed by atoms with van der Waals surface area (Å²) < 4.78 is 0.755. The maximum atomic E-state index is 12.1. The SMILES string of the molecule is O=C(NCC1CCCCC1CBr)c1ccc(I)c(O)c1. The van der Waals surface area contributed by atoms with E-state index in [2.05, 4.69) is 21.2 Å². The Morgan fingerprint density at radius 2 is 2.05 bits per heavy atom. The molecule has 2 atom stereocenters. The van der Waals surface area contributed by atoms with Gasteiger partial charge in [-0.25, -0.2) is 0 Å². The third-order valence-corrected chi connectivity index (χ3v) is 5.74. The average molecular weight is 452 g/mol. The van der Waals surface area contributed by atoms with E-state index in [-0.39, 0.29) is 11.7 Å². The van der Waals surface area contributed by atoms with Crippen LogP contribution in [0.15, 0.2) is 18.2 Å². The van der Waals surface area contributed by atoms with Crippen molar-refractivity contribution in [2.45, 2.75) is 25.7 Å². The van der Waals surface area contributed by atoms with Gasteiger partial charge in [0.05, 0.1) is 3.57 Å². The van der Waals surface area contributed by atoms with Crippen LogP contribution >= 0.6 is 38.5 Å². The maximum absolute atomic E-state index is 12.1. The van der Waals surface area contributed by atoms with Crippen LogP contribution < -0.4 is 5.32 Å². The monoisotopic (exact) mass is 451 g/mol. The van der Waals surface area contributed by atoms with Gasteiger partial charge in [0.1, 0.15) is 5.75 Å². The van der Waals surface area contributed by atoms with E-state index in [9.17, 15) is 9.90 Å². The summed E-state index contributed by atoms with van der Waals surface area (Å²) in [6.45, 7) is 0.724. The lowest BCUT2D eigenvalue weighted by Gasteiger charge is -2.30.